The van der Waals surface area contributed by atoms with E-state index in [0.29, 0.717) is 6.04 Å². The molecule has 78 valence electrons. The largest absolute Gasteiger partial charge is 0.393 e. The molecule has 1 heterocycles. The molecule has 1 fully saturated rings. The van der Waals surface area contributed by atoms with E-state index in [-0.39, 0.29) is 12.5 Å². The maximum atomic E-state index is 9.18. The second-order valence-corrected chi connectivity index (χ2v) is 3.50. The fourth-order valence-corrected chi connectivity index (χ4v) is 1.40. The highest BCUT2D eigenvalue weighted by Gasteiger charge is 2.18. The van der Waals surface area contributed by atoms with Crippen LogP contribution in [0.15, 0.2) is 0 Å². The van der Waals surface area contributed by atoms with Gasteiger partial charge in [-0.1, -0.05) is 0 Å². The molecule has 1 aliphatic heterocycles. The average molecular weight is 188 g/mol. The zero-order chi connectivity index (χ0) is 10.3. The number of piperidine rings is 1. The Balaban J connectivity index is 0.000000424. The summed E-state index contributed by atoms with van der Waals surface area (Å²) in [5, 5.41) is 9.18. The standard InChI is InChI=1S/C8H17NO.CH3NO/c1-7(2)9-5-3-8(10)4-6-9;2-1-3/h7-8,10H,3-6H2,1-2H3;1H,(H2,2,3). The predicted molar refractivity (Wildman–Crippen MR) is 52.2 cm³/mol. The molecule has 0 spiro atoms. The lowest BCUT2D eigenvalue weighted by atomic mass is 10.1. The molecule has 0 atom stereocenters. The van der Waals surface area contributed by atoms with E-state index in [9.17, 15) is 5.11 Å². The molecule has 3 N–H and O–H groups in total. The summed E-state index contributed by atoms with van der Waals surface area (Å²) in [6, 6.07) is 0.646. The van der Waals surface area contributed by atoms with E-state index >= 15 is 0 Å². The van der Waals surface area contributed by atoms with Crippen molar-refractivity contribution in [3.8, 4) is 0 Å². The molecule has 4 heteroatoms. The number of carbonyl (C=O) groups excluding carboxylic acids is 1. The number of amides is 1. The van der Waals surface area contributed by atoms with E-state index in [1.165, 1.54) is 0 Å². The number of nitrogens with two attached hydrogens (primary N) is 1. The minimum Gasteiger partial charge on any atom is -0.393 e. The minimum atomic E-state index is -0.0324. The summed E-state index contributed by atoms with van der Waals surface area (Å²) in [6.07, 6.45) is 2.13. The highest BCUT2D eigenvalue weighted by Crippen LogP contribution is 2.11. The summed E-state index contributed by atoms with van der Waals surface area (Å²) in [6.45, 7) is 6.55. The van der Waals surface area contributed by atoms with Crippen LogP contribution in [0.1, 0.15) is 26.7 Å². The summed E-state index contributed by atoms with van der Waals surface area (Å²) in [4.78, 5) is 11.0. The van der Waals surface area contributed by atoms with Crippen LogP contribution in [0, 0.1) is 0 Å². The number of hydrogen-bond acceptors (Lipinski definition) is 3. The first-order valence-corrected chi connectivity index (χ1v) is 4.69. The first-order chi connectivity index (χ1) is 6.11. The summed E-state index contributed by atoms with van der Waals surface area (Å²) in [5.74, 6) is 0. The van der Waals surface area contributed by atoms with Crippen LogP contribution < -0.4 is 5.73 Å². The molecule has 13 heavy (non-hydrogen) atoms. The molecule has 0 aromatic carbocycles. The van der Waals surface area contributed by atoms with Gasteiger partial charge in [0.25, 0.3) is 0 Å². The molecule has 0 radical (unpaired) electrons. The molecule has 4 nitrogen and oxygen atoms in total. The number of likely N-dealkylation sites (tertiary alicyclic amines) is 1. The van der Waals surface area contributed by atoms with E-state index in [4.69, 9.17) is 4.79 Å². The maximum Gasteiger partial charge on any atom is 0.204 e. The van der Waals surface area contributed by atoms with Gasteiger partial charge < -0.3 is 15.7 Å². The quantitative estimate of drug-likeness (QED) is 0.567. The fourth-order valence-electron chi connectivity index (χ4n) is 1.40. The van der Waals surface area contributed by atoms with Gasteiger partial charge in [0.15, 0.2) is 0 Å². The SMILES string of the molecule is CC(C)N1CCC(O)CC1.NC=O. The van der Waals surface area contributed by atoms with Crippen LogP contribution in [0.5, 0.6) is 0 Å². The molecule has 1 rings (SSSR count). The summed E-state index contributed by atoms with van der Waals surface area (Å²) >= 11 is 0. The van der Waals surface area contributed by atoms with Crippen molar-refractivity contribution in [2.75, 3.05) is 13.1 Å². The lowest BCUT2D eigenvalue weighted by Crippen LogP contribution is -2.39. The average Bonchev–Trinajstić information content (AvgIpc) is 2.06. The van der Waals surface area contributed by atoms with Gasteiger partial charge in [0, 0.05) is 19.1 Å². The van der Waals surface area contributed by atoms with Gasteiger partial charge >= 0.3 is 0 Å². The highest BCUT2D eigenvalue weighted by molar-refractivity contribution is 5.42. The van der Waals surface area contributed by atoms with Crippen molar-refractivity contribution in [3.05, 3.63) is 0 Å². The summed E-state index contributed by atoms with van der Waals surface area (Å²) in [5.41, 5.74) is 4.17. The van der Waals surface area contributed by atoms with Crippen molar-refractivity contribution < 1.29 is 9.90 Å². The third kappa shape index (κ3) is 5.60. The third-order valence-electron chi connectivity index (χ3n) is 2.23. The van der Waals surface area contributed by atoms with Crippen LogP contribution in [0.3, 0.4) is 0 Å². The highest BCUT2D eigenvalue weighted by atomic mass is 16.3. The number of aliphatic hydroxyl groups is 1. The number of rotatable bonds is 1. The van der Waals surface area contributed by atoms with Gasteiger partial charge in [0.2, 0.25) is 6.41 Å². The molecule has 0 bridgehead atoms. The van der Waals surface area contributed by atoms with E-state index in [1.54, 1.807) is 0 Å². The van der Waals surface area contributed by atoms with Crippen LogP contribution in [0.25, 0.3) is 0 Å². The van der Waals surface area contributed by atoms with Crippen molar-refractivity contribution >= 4 is 6.41 Å². The molecule has 1 saturated heterocycles. The van der Waals surface area contributed by atoms with Gasteiger partial charge in [-0.25, -0.2) is 0 Å². The van der Waals surface area contributed by atoms with Crippen molar-refractivity contribution in [1.82, 2.24) is 4.90 Å². The molecule has 0 aromatic heterocycles. The van der Waals surface area contributed by atoms with Crippen molar-refractivity contribution in [3.63, 3.8) is 0 Å². The monoisotopic (exact) mass is 188 g/mol. The number of aliphatic hydroxyl groups excluding tert-OH is 1. The smallest absolute Gasteiger partial charge is 0.204 e. The van der Waals surface area contributed by atoms with Gasteiger partial charge in [-0.2, -0.15) is 0 Å². The third-order valence-corrected chi connectivity index (χ3v) is 2.23. The molecule has 0 saturated carbocycles. The Labute approximate surface area is 79.7 Å². The lowest BCUT2D eigenvalue weighted by molar-refractivity contribution is -0.106. The first kappa shape index (κ1) is 12.4. The Kier molecular flexibility index (Phi) is 6.54. The molecular weight excluding hydrogens is 168 g/mol. The van der Waals surface area contributed by atoms with Crippen molar-refractivity contribution in [2.24, 2.45) is 5.73 Å². The number of primary amides is 1. The van der Waals surface area contributed by atoms with Crippen molar-refractivity contribution in [1.29, 1.82) is 0 Å². The second-order valence-electron chi connectivity index (χ2n) is 3.50. The molecule has 0 aromatic rings. The van der Waals surface area contributed by atoms with E-state index in [1.807, 2.05) is 0 Å². The second kappa shape index (κ2) is 6.86. The normalized spacial score (nSPS) is 19.4. The molecule has 0 unspecified atom stereocenters. The topological polar surface area (TPSA) is 66.6 Å². The van der Waals surface area contributed by atoms with Crippen molar-refractivity contribution in [2.45, 2.75) is 38.8 Å². The van der Waals surface area contributed by atoms with Crippen LogP contribution in [0.2, 0.25) is 0 Å². The summed E-state index contributed by atoms with van der Waals surface area (Å²) in [7, 11) is 0. The van der Waals surface area contributed by atoms with Crippen LogP contribution in [-0.2, 0) is 4.79 Å². The van der Waals surface area contributed by atoms with E-state index in [2.05, 4.69) is 24.5 Å². The molecule has 1 amide bonds. The number of carbonyl (C=O) groups is 1. The Hall–Kier alpha value is -0.610. The predicted octanol–water partition coefficient (Wildman–Crippen LogP) is -0.0470. The summed E-state index contributed by atoms with van der Waals surface area (Å²) < 4.78 is 0. The number of nitrogens with zero attached hydrogens (tertiary/aromatic N) is 1. The van der Waals surface area contributed by atoms with Crippen LogP contribution >= 0.6 is 0 Å². The van der Waals surface area contributed by atoms with E-state index < -0.39 is 0 Å². The molecule has 1 aliphatic rings. The first-order valence-electron chi connectivity index (χ1n) is 4.69. The van der Waals surface area contributed by atoms with Crippen LogP contribution in [-0.4, -0.2) is 41.7 Å². The minimum absolute atomic E-state index is 0.0324. The van der Waals surface area contributed by atoms with Gasteiger partial charge in [0.05, 0.1) is 6.10 Å². The lowest BCUT2D eigenvalue weighted by Gasteiger charge is -2.32. The zero-order valence-electron chi connectivity index (χ0n) is 8.44. The fraction of sp³-hybridized carbons (Fsp3) is 0.889. The van der Waals surface area contributed by atoms with Crippen LogP contribution in [0.4, 0.5) is 0 Å². The number of hydrogen-bond donors (Lipinski definition) is 2. The van der Waals surface area contributed by atoms with Gasteiger partial charge in [0.1, 0.15) is 0 Å². The molecule has 0 aliphatic carbocycles. The maximum absolute atomic E-state index is 9.18. The van der Waals surface area contributed by atoms with E-state index in [0.717, 1.165) is 25.9 Å². The Morgan fingerprint density at radius 2 is 1.85 bits per heavy atom. The zero-order valence-corrected chi connectivity index (χ0v) is 8.44. The van der Waals surface area contributed by atoms with Gasteiger partial charge in [-0.15, -0.1) is 0 Å². The Morgan fingerprint density at radius 1 is 1.46 bits per heavy atom. The Morgan fingerprint density at radius 3 is 2.15 bits per heavy atom. The molecular formula is C9H20N2O2. The van der Waals surface area contributed by atoms with Gasteiger partial charge in [-0.05, 0) is 26.7 Å². The Bertz CT molecular complexity index is 132. The van der Waals surface area contributed by atoms with Gasteiger partial charge in [-0.3, -0.25) is 4.79 Å².